The van der Waals surface area contributed by atoms with Crippen LogP contribution < -0.4 is 10.3 Å². The molecule has 94 valence electrons. The highest BCUT2D eigenvalue weighted by Crippen LogP contribution is 2.22. The number of hydrogen-bond donors (Lipinski definition) is 0. The minimum Gasteiger partial charge on any atom is -0.490 e. The molecular formula is C13H11BrClNO2. The average molecular weight is 329 g/mol. The van der Waals surface area contributed by atoms with Gasteiger partial charge in [-0.3, -0.25) is 4.79 Å². The Balaban J connectivity index is 1.99. The molecule has 0 radical (unpaired) electrons. The van der Waals surface area contributed by atoms with E-state index in [4.69, 9.17) is 16.3 Å². The number of para-hydroxylation sites is 1. The van der Waals surface area contributed by atoms with E-state index in [0.29, 0.717) is 23.9 Å². The molecule has 0 atom stereocenters. The van der Waals surface area contributed by atoms with Gasteiger partial charge in [-0.2, -0.15) is 0 Å². The van der Waals surface area contributed by atoms with Crippen molar-refractivity contribution in [3.8, 4) is 5.75 Å². The number of nitrogens with zero attached hydrogens (tertiary/aromatic N) is 1. The lowest BCUT2D eigenvalue weighted by atomic mass is 10.3. The zero-order valence-electron chi connectivity index (χ0n) is 9.48. The maximum Gasteiger partial charge on any atom is 0.250 e. The Kier molecular flexibility index (Phi) is 4.44. The fourth-order valence-corrected chi connectivity index (χ4v) is 2.06. The molecule has 2 aromatic rings. The van der Waals surface area contributed by atoms with Gasteiger partial charge in [0.25, 0.3) is 5.56 Å². The molecule has 0 spiro atoms. The van der Waals surface area contributed by atoms with E-state index >= 15 is 0 Å². The Hall–Kier alpha value is -1.26. The lowest BCUT2D eigenvalue weighted by Gasteiger charge is -2.09. The van der Waals surface area contributed by atoms with Gasteiger partial charge in [-0.25, -0.2) is 0 Å². The van der Waals surface area contributed by atoms with E-state index in [2.05, 4.69) is 15.9 Å². The zero-order valence-corrected chi connectivity index (χ0v) is 11.8. The topological polar surface area (TPSA) is 31.2 Å². The molecule has 0 aliphatic carbocycles. The summed E-state index contributed by atoms with van der Waals surface area (Å²) >= 11 is 9.28. The van der Waals surface area contributed by atoms with E-state index < -0.39 is 0 Å². The van der Waals surface area contributed by atoms with Crippen molar-refractivity contribution in [2.24, 2.45) is 0 Å². The first-order valence-corrected chi connectivity index (χ1v) is 6.57. The molecular weight excluding hydrogens is 318 g/mol. The van der Waals surface area contributed by atoms with Crippen LogP contribution in [0.3, 0.4) is 0 Å². The minimum absolute atomic E-state index is 0.0547. The highest BCUT2D eigenvalue weighted by Gasteiger charge is 2.01. The van der Waals surface area contributed by atoms with Crippen LogP contribution in [0.2, 0.25) is 5.02 Å². The minimum atomic E-state index is -0.0547. The lowest BCUT2D eigenvalue weighted by Crippen LogP contribution is -2.21. The maximum absolute atomic E-state index is 11.5. The van der Waals surface area contributed by atoms with Gasteiger partial charge in [-0.15, -0.1) is 0 Å². The first kappa shape index (κ1) is 13.2. The van der Waals surface area contributed by atoms with Crippen LogP contribution in [0, 0.1) is 0 Å². The fraction of sp³-hybridized carbons (Fsp3) is 0.154. The van der Waals surface area contributed by atoms with Crippen LogP contribution in [0.15, 0.2) is 51.9 Å². The van der Waals surface area contributed by atoms with Crippen molar-refractivity contribution in [2.45, 2.75) is 6.54 Å². The summed E-state index contributed by atoms with van der Waals surface area (Å²) in [6.45, 7) is 0.865. The van der Waals surface area contributed by atoms with E-state index in [0.717, 1.165) is 4.47 Å². The standard InChI is InChI=1S/C13H11BrClNO2/c14-10-5-6-13(17)16(9-10)7-8-18-12-4-2-1-3-11(12)15/h1-6,9H,7-8H2. The molecule has 3 nitrogen and oxygen atoms in total. The van der Waals surface area contributed by atoms with Gasteiger partial charge in [0.2, 0.25) is 0 Å². The van der Waals surface area contributed by atoms with E-state index in [1.54, 1.807) is 29.0 Å². The summed E-state index contributed by atoms with van der Waals surface area (Å²) in [7, 11) is 0. The molecule has 0 fully saturated rings. The van der Waals surface area contributed by atoms with Crippen LogP contribution >= 0.6 is 27.5 Å². The number of halogens is 2. The normalized spacial score (nSPS) is 10.3. The highest BCUT2D eigenvalue weighted by atomic mass is 79.9. The average Bonchev–Trinajstić information content (AvgIpc) is 2.36. The summed E-state index contributed by atoms with van der Waals surface area (Å²) in [5, 5.41) is 0.569. The van der Waals surface area contributed by atoms with Crippen molar-refractivity contribution in [3.63, 3.8) is 0 Å². The van der Waals surface area contributed by atoms with E-state index in [1.165, 1.54) is 6.07 Å². The summed E-state index contributed by atoms with van der Waals surface area (Å²) in [5.41, 5.74) is -0.0547. The number of pyridine rings is 1. The summed E-state index contributed by atoms with van der Waals surface area (Å²) < 4.78 is 7.97. The van der Waals surface area contributed by atoms with Crippen molar-refractivity contribution in [1.82, 2.24) is 4.57 Å². The van der Waals surface area contributed by atoms with Crippen molar-refractivity contribution in [2.75, 3.05) is 6.61 Å². The van der Waals surface area contributed by atoms with Crippen molar-refractivity contribution >= 4 is 27.5 Å². The molecule has 5 heteroatoms. The van der Waals surface area contributed by atoms with Gasteiger partial charge in [-0.1, -0.05) is 23.7 Å². The smallest absolute Gasteiger partial charge is 0.250 e. The second kappa shape index (κ2) is 6.07. The Labute approximate surface area is 118 Å². The van der Waals surface area contributed by atoms with Crippen LogP contribution in [0.1, 0.15) is 0 Å². The molecule has 18 heavy (non-hydrogen) atoms. The van der Waals surface area contributed by atoms with Crippen LogP contribution in [0.4, 0.5) is 0 Å². The molecule has 0 unspecified atom stereocenters. The van der Waals surface area contributed by atoms with E-state index in [9.17, 15) is 4.79 Å². The summed E-state index contributed by atoms with van der Waals surface area (Å²) in [6.07, 6.45) is 1.73. The van der Waals surface area contributed by atoms with Crippen molar-refractivity contribution in [1.29, 1.82) is 0 Å². The van der Waals surface area contributed by atoms with Gasteiger partial charge in [0, 0.05) is 16.7 Å². The second-order valence-electron chi connectivity index (χ2n) is 3.66. The Morgan fingerprint density at radius 2 is 2.00 bits per heavy atom. The largest absolute Gasteiger partial charge is 0.490 e. The first-order valence-electron chi connectivity index (χ1n) is 5.40. The van der Waals surface area contributed by atoms with Gasteiger partial charge in [0.05, 0.1) is 11.6 Å². The number of hydrogen-bond acceptors (Lipinski definition) is 2. The number of ether oxygens (including phenoxy) is 1. The van der Waals surface area contributed by atoms with Gasteiger partial charge in [0.15, 0.2) is 0 Å². The molecule has 1 heterocycles. The molecule has 0 saturated carbocycles. The number of aromatic nitrogens is 1. The Morgan fingerprint density at radius 1 is 1.22 bits per heavy atom. The SMILES string of the molecule is O=c1ccc(Br)cn1CCOc1ccccc1Cl. The summed E-state index contributed by atoms with van der Waals surface area (Å²) in [6, 6.07) is 10.5. The van der Waals surface area contributed by atoms with Gasteiger partial charge in [-0.05, 0) is 34.1 Å². The molecule has 1 aromatic carbocycles. The quantitative estimate of drug-likeness (QED) is 0.862. The third kappa shape index (κ3) is 3.37. The maximum atomic E-state index is 11.5. The van der Waals surface area contributed by atoms with Gasteiger partial charge < -0.3 is 9.30 Å². The first-order chi connectivity index (χ1) is 8.66. The third-order valence-electron chi connectivity index (χ3n) is 2.37. The predicted octanol–water partition coefficient (Wildman–Crippen LogP) is 3.34. The highest BCUT2D eigenvalue weighted by molar-refractivity contribution is 9.10. The van der Waals surface area contributed by atoms with Crippen LogP contribution in [-0.2, 0) is 6.54 Å². The third-order valence-corrected chi connectivity index (χ3v) is 3.16. The monoisotopic (exact) mass is 327 g/mol. The summed E-state index contributed by atoms with van der Waals surface area (Å²) in [5.74, 6) is 0.627. The fourth-order valence-electron chi connectivity index (χ4n) is 1.49. The molecule has 0 saturated heterocycles. The molecule has 2 rings (SSSR count). The number of rotatable bonds is 4. The lowest BCUT2D eigenvalue weighted by molar-refractivity contribution is 0.296. The molecule has 0 bridgehead atoms. The van der Waals surface area contributed by atoms with Crippen molar-refractivity contribution in [3.05, 3.63) is 62.4 Å². The van der Waals surface area contributed by atoms with E-state index in [1.807, 2.05) is 12.1 Å². The Morgan fingerprint density at radius 3 is 2.78 bits per heavy atom. The van der Waals surface area contributed by atoms with Gasteiger partial charge in [0.1, 0.15) is 12.4 Å². The Bertz CT molecular complexity index is 598. The zero-order chi connectivity index (χ0) is 13.0. The van der Waals surface area contributed by atoms with Crippen molar-refractivity contribution < 1.29 is 4.74 Å². The summed E-state index contributed by atoms with van der Waals surface area (Å²) in [4.78, 5) is 11.5. The number of benzene rings is 1. The van der Waals surface area contributed by atoms with Gasteiger partial charge >= 0.3 is 0 Å². The molecule has 0 amide bonds. The molecule has 1 aromatic heterocycles. The molecule has 0 N–H and O–H groups in total. The van der Waals surface area contributed by atoms with Crippen LogP contribution in [-0.4, -0.2) is 11.2 Å². The predicted molar refractivity (Wildman–Crippen MR) is 75.3 cm³/mol. The molecule has 0 aliphatic rings. The van der Waals surface area contributed by atoms with E-state index in [-0.39, 0.29) is 5.56 Å². The van der Waals surface area contributed by atoms with Crippen LogP contribution in [0.5, 0.6) is 5.75 Å². The molecule has 0 aliphatic heterocycles. The van der Waals surface area contributed by atoms with Crippen LogP contribution in [0.25, 0.3) is 0 Å². The second-order valence-corrected chi connectivity index (χ2v) is 4.98.